The van der Waals surface area contributed by atoms with Crippen LogP contribution in [0, 0.1) is 0 Å². The van der Waals surface area contributed by atoms with Crippen LogP contribution in [-0.2, 0) is 0 Å². The molecule has 136 valence electrons. The van der Waals surface area contributed by atoms with E-state index in [1.165, 1.54) is 6.20 Å². The van der Waals surface area contributed by atoms with Crippen molar-refractivity contribution in [3.8, 4) is 23.0 Å². The summed E-state index contributed by atoms with van der Waals surface area (Å²) in [5, 5.41) is 11.7. The third-order valence-corrected chi connectivity index (χ3v) is 3.54. The largest absolute Gasteiger partial charge is 0.493 e. The number of aromatic nitrogens is 2. The number of methoxy groups -OCH3 is 2. The average molecular weight is 348 g/mol. The molecule has 0 unspecified atom stereocenters. The van der Waals surface area contributed by atoms with Gasteiger partial charge in [0.2, 0.25) is 5.95 Å². The molecule has 8 nitrogen and oxygen atoms in total. The second-order valence-corrected chi connectivity index (χ2v) is 5.60. The van der Waals surface area contributed by atoms with E-state index in [9.17, 15) is 0 Å². The number of nitrogen functional groups attached to an aromatic ring is 1. The first kappa shape index (κ1) is 18.6. The first-order chi connectivity index (χ1) is 12.0. The van der Waals surface area contributed by atoms with Crippen LogP contribution < -0.4 is 25.3 Å². The van der Waals surface area contributed by atoms with Crippen molar-refractivity contribution in [1.82, 2.24) is 9.97 Å². The number of nitrogens with zero attached hydrogens (tertiary/aromatic N) is 2. The predicted octanol–water partition coefficient (Wildman–Crippen LogP) is 2.40. The highest BCUT2D eigenvalue weighted by Crippen LogP contribution is 2.40. The first-order valence-electron chi connectivity index (χ1n) is 7.91. The fourth-order valence-corrected chi connectivity index (χ4v) is 2.25. The van der Waals surface area contributed by atoms with Crippen LogP contribution in [0.1, 0.15) is 25.3 Å². The third kappa shape index (κ3) is 4.42. The van der Waals surface area contributed by atoms with Crippen LogP contribution in [0.25, 0.3) is 0 Å². The Bertz CT molecular complexity index is 722. The molecule has 0 aliphatic heterocycles. The van der Waals surface area contributed by atoms with Crippen LogP contribution in [0.2, 0.25) is 0 Å². The summed E-state index contributed by atoms with van der Waals surface area (Å²) in [4.78, 5) is 8.25. The normalized spacial score (nSPS) is 10.6. The Morgan fingerprint density at radius 1 is 1.12 bits per heavy atom. The number of hydrogen-bond donors (Lipinski definition) is 3. The Kier molecular flexibility index (Phi) is 6.24. The van der Waals surface area contributed by atoms with Crippen molar-refractivity contribution in [1.29, 1.82) is 0 Å². The Balaban J connectivity index is 2.35. The predicted molar refractivity (Wildman–Crippen MR) is 95.7 cm³/mol. The van der Waals surface area contributed by atoms with E-state index in [1.807, 2.05) is 6.07 Å². The van der Waals surface area contributed by atoms with Crippen molar-refractivity contribution in [3.05, 3.63) is 23.9 Å². The molecule has 0 amide bonds. The lowest BCUT2D eigenvalue weighted by molar-refractivity contribution is 0.311. The lowest BCUT2D eigenvalue weighted by Crippen LogP contribution is -2.10. The molecule has 0 aliphatic carbocycles. The summed E-state index contributed by atoms with van der Waals surface area (Å²) >= 11 is 0. The summed E-state index contributed by atoms with van der Waals surface area (Å²) in [5.74, 6) is 2.84. The molecular formula is C17H24N4O4. The zero-order valence-electron chi connectivity index (χ0n) is 14.9. The number of aliphatic hydroxyl groups is 1. The zero-order chi connectivity index (χ0) is 18.4. The monoisotopic (exact) mass is 348 g/mol. The molecule has 0 radical (unpaired) electrons. The molecule has 4 N–H and O–H groups in total. The molecule has 0 saturated carbocycles. The molecular weight excluding hydrogens is 324 g/mol. The van der Waals surface area contributed by atoms with Gasteiger partial charge in [0.15, 0.2) is 23.1 Å². The van der Waals surface area contributed by atoms with E-state index in [0.29, 0.717) is 35.5 Å². The molecule has 1 aromatic heterocycles. The maximum atomic E-state index is 8.82. The van der Waals surface area contributed by atoms with E-state index in [2.05, 4.69) is 29.1 Å². The van der Waals surface area contributed by atoms with E-state index in [1.54, 1.807) is 20.3 Å². The van der Waals surface area contributed by atoms with Gasteiger partial charge in [0.25, 0.3) is 0 Å². The van der Waals surface area contributed by atoms with Crippen molar-refractivity contribution in [2.75, 3.05) is 38.4 Å². The van der Waals surface area contributed by atoms with Crippen molar-refractivity contribution in [2.45, 2.75) is 19.8 Å². The van der Waals surface area contributed by atoms with Crippen LogP contribution >= 0.6 is 0 Å². The fourth-order valence-electron chi connectivity index (χ4n) is 2.25. The standard InChI is InChI=1S/C17H24N4O4/c1-10(2)11-7-13(23-3)14(24-4)8-12(11)25-15-9-20-17(19-5-6-22)21-16(15)18/h7-10,22H,5-6H2,1-4H3,(H3,18,19,20,21). The SMILES string of the molecule is COc1cc(Oc2cnc(NCCO)nc2N)c(C(C)C)cc1OC. The minimum Gasteiger partial charge on any atom is -0.493 e. The summed E-state index contributed by atoms with van der Waals surface area (Å²) in [5.41, 5.74) is 6.90. The van der Waals surface area contributed by atoms with Crippen LogP contribution in [0.3, 0.4) is 0 Å². The Hall–Kier alpha value is -2.74. The molecule has 25 heavy (non-hydrogen) atoms. The summed E-state index contributed by atoms with van der Waals surface area (Å²) in [7, 11) is 3.15. The Morgan fingerprint density at radius 2 is 1.80 bits per heavy atom. The molecule has 0 spiro atoms. The molecule has 0 aliphatic rings. The fraction of sp³-hybridized carbons (Fsp3) is 0.412. The zero-order valence-corrected chi connectivity index (χ0v) is 14.9. The number of rotatable bonds is 8. The van der Waals surface area contributed by atoms with Gasteiger partial charge in [-0.15, -0.1) is 0 Å². The Morgan fingerprint density at radius 3 is 2.36 bits per heavy atom. The van der Waals surface area contributed by atoms with E-state index in [0.717, 1.165) is 5.56 Å². The molecule has 2 aromatic rings. The second-order valence-electron chi connectivity index (χ2n) is 5.60. The highest BCUT2D eigenvalue weighted by molar-refractivity contribution is 5.55. The van der Waals surface area contributed by atoms with Gasteiger partial charge in [0.05, 0.1) is 27.0 Å². The van der Waals surface area contributed by atoms with Crippen molar-refractivity contribution in [2.24, 2.45) is 0 Å². The van der Waals surface area contributed by atoms with Gasteiger partial charge in [0.1, 0.15) is 5.75 Å². The number of hydrogen-bond acceptors (Lipinski definition) is 8. The molecule has 0 atom stereocenters. The molecule has 8 heteroatoms. The molecule has 2 rings (SSSR count). The van der Waals surface area contributed by atoms with E-state index >= 15 is 0 Å². The van der Waals surface area contributed by atoms with Gasteiger partial charge in [-0.05, 0) is 12.0 Å². The van der Waals surface area contributed by atoms with Crippen molar-refractivity contribution >= 4 is 11.8 Å². The molecule has 1 heterocycles. The highest BCUT2D eigenvalue weighted by atomic mass is 16.5. The van der Waals surface area contributed by atoms with Gasteiger partial charge < -0.3 is 30.4 Å². The number of anilines is 2. The van der Waals surface area contributed by atoms with Gasteiger partial charge >= 0.3 is 0 Å². The first-order valence-corrected chi connectivity index (χ1v) is 7.91. The van der Waals surface area contributed by atoms with E-state index in [-0.39, 0.29) is 18.3 Å². The maximum Gasteiger partial charge on any atom is 0.224 e. The minimum absolute atomic E-state index is 0.0229. The lowest BCUT2D eigenvalue weighted by atomic mass is 10.0. The average Bonchev–Trinajstić information content (AvgIpc) is 2.61. The number of nitrogens with two attached hydrogens (primary N) is 1. The van der Waals surface area contributed by atoms with Crippen LogP contribution in [0.5, 0.6) is 23.0 Å². The van der Waals surface area contributed by atoms with Crippen molar-refractivity contribution < 1.29 is 19.3 Å². The highest BCUT2D eigenvalue weighted by Gasteiger charge is 2.17. The van der Waals surface area contributed by atoms with Crippen molar-refractivity contribution in [3.63, 3.8) is 0 Å². The van der Waals surface area contributed by atoms with Gasteiger partial charge in [-0.3, -0.25) is 0 Å². The Labute approximate surface area is 147 Å². The number of benzene rings is 1. The lowest BCUT2D eigenvalue weighted by Gasteiger charge is -2.18. The quantitative estimate of drug-likeness (QED) is 0.667. The molecule has 0 bridgehead atoms. The van der Waals surface area contributed by atoms with Crippen LogP contribution in [0.4, 0.5) is 11.8 Å². The summed E-state index contributed by atoms with van der Waals surface area (Å²) < 4.78 is 16.6. The van der Waals surface area contributed by atoms with Gasteiger partial charge in [-0.2, -0.15) is 4.98 Å². The van der Waals surface area contributed by atoms with Gasteiger partial charge in [-0.1, -0.05) is 13.8 Å². The summed E-state index contributed by atoms with van der Waals surface area (Å²) in [6.45, 7) is 4.42. The minimum atomic E-state index is -0.0229. The maximum absolute atomic E-state index is 8.82. The molecule has 0 fully saturated rings. The summed E-state index contributed by atoms with van der Waals surface area (Å²) in [6.07, 6.45) is 1.49. The third-order valence-electron chi connectivity index (χ3n) is 3.54. The van der Waals surface area contributed by atoms with Crippen LogP contribution in [-0.4, -0.2) is 42.4 Å². The van der Waals surface area contributed by atoms with E-state index < -0.39 is 0 Å². The van der Waals surface area contributed by atoms with Crippen LogP contribution in [0.15, 0.2) is 18.3 Å². The smallest absolute Gasteiger partial charge is 0.224 e. The summed E-state index contributed by atoms with van der Waals surface area (Å²) in [6, 6.07) is 3.64. The molecule has 0 saturated heterocycles. The number of ether oxygens (including phenoxy) is 3. The van der Waals surface area contributed by atoms with E-state index in [4.69, 9.17) is 25.1 Å². The molecule has 1 aromatic carbocycles. The number of aliphatic hydroxyl groups excluding tert-OH is 1. The number of nitrogens with one attached hydrogen (secondary N) is 1. The van der Waals surface area contributed by atoms with Gasteiger partial charge in [0, 0.05) is 18.2 Å². The topological polar surface area (TPSA) is 112 Å². The second kappa shape index (κ2) is 8.39. The van der Waals surface area contributed by atoms with Gasteiger partial charge in [-0.25, -0.2) is 4.98 Å².